The second kappa shape index (κ2) is 4.70. The maximum atomic E-state index is 10.6. The molecule has 3 nitrogen and oxygen atoms in total. The molecule has 1 N–H and O–H groups in total. The average molecular weight is 214 g/mol. The van der Waals surface area contributed by atoms with Crippen LogP contribution in [-0.2, 0) is 10.1 Å². The Morgan fingerprint density at radius 3 is 2.17 bits per heavy atom. The first-order chi connectivity index (χ1) is 5.02. The molecule has 12 heavy (non-hydrogen) atoms. The molecule has 0 radical (unpaired) electrons. The van der Waals surface area contributed by atoms with E-state index >= 15 is 0 Å². The van der Waals surface area contributed by atoms with E-state index in [1.807, 2.05) is 0 Å². The minimum atomic E-state index is -4.05. The summed E-state index contributed by atoms with van der Waals surface area (Å²) in [5.74, 6) is 0. The van der Waals surface area contributed by atoms with Crippen LogP contribution < -0.4 is 34.9 Å². The largest absolute Gasteiger partial charge is 1.00 e. The normalized spacial score (nSPS) is 10.5. The summed E-state index contributed by atoms with van der Waals surface area (Å²) in [4.78, 5) is -0.0648. The third kappa shape index (κ3) is 3.13. The second-order valence-corrected chi connectivity index (χ2v) is 4.02. The van der Waals surface area contributed by atoms with E-state index in [9.17, 15) is 8.42 Å². The van der Waals surface area contributed by atoms with Crippen LogP contribution in [0.3, 0.4) is 0 Å². The fourth-order valence-electron chi connectivity index (χ4n) is 0.715. The van der Waals surface area contributed by atoms with Gasteiger partial charge in [-0.1, -0.05) is 18.2 Å². The first-order valence-corrected chi connectivity index (χ1v) is 4.85. The van der Waals surface area contributed by atoms with Crippen LogP contribution in [0, 0.1) is 0 Å². The Labute approximate surface area is 97.3 Å². The van der Waals surface area contributed by atoms with Gasteiger partial charge in [-0.3, -0.25) is 4.55 Å². The fraction of sp³-hybridized carbons (Fsp3) is 0. The summed E-state index contributed by atoms with van der Waals surface area (Å²) in [5.41, 5.74) is 0. The summed E-state index contributed by atoms with van der Waals surface area (Å²) in [7, 11) is -1.82. The third-order valence-electron chi connectivity index (χ3n) is 1.20. The summed E-state index contributed by atoms with van der Waals surface area (Å²) in [6.45, 7) is 0. The minimum absolute atomic E-state index is 0. The number of hydrogen-bond acceptors (Lipinski definition) is 2. The van der Waals surface area contributed by atoms with Crippen LogP contribution in [0.2, 0.25) is 0 Å². The van der Waals surface area contributed by atoms with E-state index in [1.165, 1.54) is 6.07 Å². The Bertz CT molecular complexity index is 368. The van der Waals surface area contributed by atoms with Crippen molar-refractivity contribution in [1.29, 1.82) is 0 Å². The molecule has 0 saturated carbocycles. The van der Waals surface area contributed by atoms with Gasteiger partial charge in [0.15, 0.2) is 0 Å². The van der Waals surface area contributed by atoms with Crippen LogP contribution >= 0.6 is 9.24 Å². The van der Waals surface area contributed by atoms with Gasteiger partial charge in [0.2, 0.25) is 0 Å². The van der Waals surface area contributed by atoms with E-state index in [1.54, 1.807) is 18.2 Å². The monoisotopic (exact) mass is 214 g/mol. The van der Waals surface area contributed by atoms with Crippen molar-refractivity contribution < 1.29 is 44.0 Å². The van der Waals surface area contributed by atoms with Gasteiger partial charge < -0.3 is 1.43 Å². The van der Waals surface area contributed by atoms with Crippen molar-refractivity contribution in [1.82, 2.24) is 0 Å². The van der Waals surface area contributed by atoms with E-state index in [-0.39, 0.29) is 35.9 Å². The molecule has 1 rings (SSSR count). The zero-order valence-corrected chi connectivity index (χ0v) is 10.5. The average Bonchev–Trinajstić information content (AvgIpc) is 1.86. The van der Waals surface area contributed by atoms with E-state index in [2.05, 4.69) is 9.24 Å². The van der Waals surface area contributed by atoms with Crippen LogP contribution in [0.5, 0.6) is 0 Å². The first-order valence-electron chi connectivity index (χ1n) is 2.84. The van der Waals surface area contributed by atoms with Gasteiger partial charge in [0.25, 0.3) is 10.1 Å². The molecular weight excluding hydrogens is 206 g/mol. The molecule has 0 aromatic heterocycles. The molecule has 0 spiro atoms. The van der Waals surface area contributed by atoms with Gasteiger partial charge in [-0.25, -0.2) is 0 Å². The molecule has 0 saturated heterocycles. The Morgan fingerprint density at radius 1 is 1.33 bits per heavy atom. The molecular formula is C6H8NaO3PS. The van der Waals surface area contributed by atoms with Crippen LogP contribution in [-0.4, -0.2) is 13.0 Å². The van der Waals surface area contributed by atoms with Crippen LogP contribution in [0.15, 0.2) is 29.2 Å². The maximum absolute atomic E-state index is 10.6. The third-order valence-corrected chi connectivity index (χ3v) is 2.84. The number of benzene rings is 1. The fourth-order valence-corrected chi connectivity index (χ4v) is 1.99. The van der Waals surface area contributed by atoms with Crippen LogP contribution in [0.1, 0.15) is 1.43 Å². The van der Waals surface area contributed by atoms with Crippen molar-refractivity contribution in [2.45, 2.75) is 4.90 Å². The number of rotatable bonds is 1. The number of hydrogen-bond donors (Lipinski definition) is 1. The summed E-state index contributed by atoms with van der Waals surface area (Å²) in [6.07, 6.45) is 0. The molecule has 0 bridgehead atoms. The Morgan fingerprint density at radius 2 is 1.83 bits per heavy atom. The van der Waals surface area contributed by atoms with Crippen molar-refractivity contribution >= 4 is 24.7 Å². The van der Waals surface area contributed by atoms with Gasteiger partial charge in [-0.05, 0) is 11.4 Å². The van der Waals surface area contributed by atoms with Crippen LogP contribution in [0.4, 0.5) is 0 Å². The minimum Gasteiger partial charge on any atom is -1.00 e. The summed E-state index contributed by atoms with van der Waals surface area (Å²) >= 11 is 0. The molecule has 0 aliphatic carbocycles. The van der Waals surface area contributed by atoms with E-state index < -0.39 is 10.1 Å². The van der Waals surface area contributed by atoms with E-state index in [4.69, 9.17) is 4.55 Å². The van der Waals surface area contributed by atoms with Crippen molar-refractivity contribution in [3.63, 3.8) is 0 Å². The molecule has 0 fully saturated rings. The van der Waals surface area contributed by atoms with Gasteiger partial charge in [0, 0.05) is 0 Å². The molecule has 6 heteroatoms. The van der Waals surface area contributed by atoms with Crippen molar-refractivity contribution in [2.75, 3.05) is 0 Å². The predicted molar refractivity (Wildman–Crippen MR) is 46.7 cm³/mol. The zero-order chi connectivity index (χ0) is 8.48. The van der Waals surface area contributed by atoms with Gasteiger partial charge in [0.05, 0.1) is 0 Å². The van der Waals surface area contributed by atoms with E-state index in [0.717, 1.165) is 0 Å². The standard InChI is InChI=1S/C6H7O3PS.Na.H/c7-11(8,9)6-4-2-1-3-5(6)10;;/h1-4H,10H2,(H,7,8,9);;/q;+1;-1. The van der Waals surface area contributed by atoms with E-state index in [0.29, 0.717) is 5.30 Å². The smallest absolute Gasteiger partial charge is 1.00 e. The van der Waals surface area contributed by atoms with Gasteiger partial charge >= 0.3 is 29.6 Å². The molecule has 62 valence electrons. The summed E-state index contributed by atoms with van der Waals surface area (Å²) < 4.78 is 29.8. The Balaban J connectivity index is 0. The molecule has 1 aromatic rings. The topological polar surface area (TPSA) is 54.4 Å². The zero-order valence-electron chi connectivity index (χ0n) is 7.56. The van der Waals surface area contributed by atoms with Gasteiger partial charge in [-0.2, -0.15) is 8.42 Å². The molecule has 0 heterocycles. The van der Waals surface area contributed by atoms with Crippen LogP contribution in [0.25, 0.3) is 0 Å². The van der Waals surface area contributed by atoms with Gasteiger partial charge in [-0.15, -0.1) is 9.24 Å². The SMILES string of the molecule is O=S(=O)(O)c1ccccc1P.[H-].[Na+]. The quantitative estimate of drug-likeness (QED) is 0.321. The summed E-state index contributed by atoms with van der Waals surface area (Å²) in [5, 5.41) is 0.468. The van der Waals surface area contributed by atoms with Gasteiger partial charge in [0.1, 0.15) is 4.90 Å². The molecule has 0 amide bonds. The van der Waals surface area contributed by atoms with Crippen molar-refractivity contribution in [3.8, 4) is 0 Å². The Hall–Kier alpha value is 0.560. The summed E-state index contributed by atoms with van der Waals surface area (Å²) in [6, 6.07) is 6.18. The molecule has 0 aliphatic heterocycles. The second-order valence-electron chi connectivity index (χ2n) is 2.01. The molecule has 1 unspecified atom stereocenters. The molecule has 1 atom stereocenters. The Kier molecular flexibility index (Phi) is 4.92. The van der Waals surface area contributed by atoms with Crippen molar-refractivity contribution in [2.24, 2.45) is 0 Å². The maximum Gasteiger partial charge on any atom is 1.00 e. The first kappa shape index (κ1) is 12.6. The van der Waals surface area contributed by atoms with Crippen molar-refractivity contribution in [3.05, 3.63) is 24.3 Å². The molecule has 0 aliphatic rings. The predicted octanol–water partition coefficient (Wildman–Crippen LogP) is -2.45. The molecule has 1 aromatic carbocycles.